The SMILES string of the molecule is OC1CNCCC1Oc1cccc2c1CCCC2. The van der Waals surface area contributed by atoms with Crippen LogP contribution >= 0.6 is 0 Å². The number of aryl methyl sites for hydroxylation is 1. The van der Waals surface area contributed by atoms with E-state index in [1.165, 1.54) is 30.4 Å². The minimum atomic E-state index is -0.391. The van der Waals surface area contributed by atoms with Gasteiger partial charge in [0, 0.05) is 6.54 Å². The van der Waals surface area contributed by atoms with E-state index in [1.54, 1.807) is 0 Å². The molecule has 98 valence electrons. The van der Waals surface area contributed by atoms with E-state index in [4.69, 9.17) is 4.74 Å². The largest absolute Gasteiger partial charge is 0.487 e. The van der Waals surface area contributed by atoms with Crippen molar-refractivity contribution < 1.29 is 9.84 Å². The summed E-state index contributed by atoms with van der Waals surface area (Å²) in [5.74, 6) is 0.998. The van der Waals surface area contributed by atoms with Gasteiger partial charge in [-0.2, -0.15) is 0 Å². The molecule has 0 saturated carbocycles. The summed E-state index contributed by atoms with van der Waals surface area (Å²) in [6.07, 6.45) is 5.26. The molecular formula is C15H21NO2. The molecule has 3 nitrogen and oxygen atoms in total. The van der Waals surface area contributed by atoms with Crippen LogP contribution in [-0.2, 0) is 12.8 Å². The number of hydrogen-bond acceptors (Lipinski definition) is 3. The van der Waals surface area contributed by atoms with Crippen molar-refractivity contribution in [2.45, 2.75) is 44.3 Å². The molecule has 1 saturated heterocycles. The first-order valence-corrected chi connectivity index (χ1v) is 7.01. The summed E-state index contributed by atoms with van der Waals surface area (Å²) in [4.78, 5) is 0. The van der Waals surface area contributed by atoms with E-state index in [2.05, 4.69) is 23.5 Å². The number of rotatable bonds is 2. The quantitative estimate of drug-likeness (QED) is 0.835. The lowest BCUT2D eigenvalue weighted by molar-refractivity contribution is 0.0156. The van der Waals surface area contributed by atoms with Crippen molar-refractivity contribution in [3.63, 3.8) is 0 Å². The summed E-state index contributed by atoms with van der Waals surface area (Å²) in [5.41, 5.74) is 2.80. The second-order valence-electron chi connectivity index (χ2n) is 5.32. The number of benzene rings is 1. The van der Waals surface area contributed by atoms with Gasteiger partial charge < -0.3 is 15.2 Å². The van der Waals surface area contributed by atoms with Crippen LogP contribution in [0.3, 0.4) is 0 Å². The van der Waals surface area contributed by atoms with Crippen molar-refractivity contribution in [2.24, 2.45) is 0 Å². The highest BCUT2D eigenvalue weighted by Crippen LogP contribution is 2.30. The Bertz CT molecular complexity index is 419. The molecule has 3 rings (SSSR count). The van der Waals surface area contributed by atoms with Gasteiger partial charge in [-0.3, -0.25) is 0 Å². The number of hydrogen-bond donors (Lipinski definition) is 2. The molecule has 1 heterocycles. The molecule has 1 aromatic rings. The van der Waals surface area contributed by atoms with Gasteiger partial charge in [-0.05, 0) is 55.8 Å². The summed E-state index contributed by atoms with van der Waals surface area (Å²) in [6, 6.07) is 6.34. The topological polar surface area (TPSA) is 41.5 Å². The van der Waals surface area contributed by atoms with E-state index < -0.39 is 6.10 Å². The summed E-state index contributed by atoms with van der Waals surface area (Å²) >= 11 is 0. The number of nitrogens with one attached hydrogen (secondary N) is 1. The zero-order chi connectivity index (χ0) is 12.4. The third-order valence-electron chi connectivity index (χ3n) is 4.02. The Hall–Kier alpha value is -1.06. The first kappa shape index (κ1) is 12.0. The Morgan fingerprint density at radius 1 is 1.22 bits per heavy atom. The third-order valence-corrected chi connectivity index (χ3v) is 4.02. The van der Waals surface area contributed by atoms with Crippen molar-refractivity contribution in [3.8, 4) is 5.75 Å². The van der Waals surface area contributed by atoms with Crippen LogP contribution in [0.2, 0.25) is 0 Å². The minimum absolute atomic E-state index is 0.0559. The van der Waals surface area contributed by atoms with Gasteiger partial charge in [0.05, 0.1) is 0 Å². The van der Waals surface area contributed by atoms with Gasteiger partial charge >= 0.3 is 0 Å². The molecule has 2 aliphatic rings. The first-order valence-electron chi connectivity index (χ1n) is 7.01. The Kier molecular flexibility index (Phi) is 3.52. The smallest absolute Gasteiger partial charge is 0.127 e. The molecule has 1 aliphatic carbocycles. The van der Waals surface area contributed by atoms with Crippen LogP contribution in [0.1, 0.15) is 30.4 Å². The van der Waals surface area contributed by atoms with Crippen molar-refractivity contribution in [3.05, 3.63) is 29.3 Å². The molecule has 2 atom stereocenters. The molecule has 3 heteroatoms. The zero-order valence-electron chi connectivity index (χ0n) is 10.7. The lowest BCUT2D eigenvalue weighted by Crippen LogP contribution is -2.46. The fraction of sp³-hybridized carbons (Fsp3) is 0.600. The highest BCUT2D eigenvalue weighted by Gasteiger charge is 2.25. The highest BCUT2D eigenvalue weighted by molar-refractivity contribution is 5.41. The van der Waals surface area contributed by atoms with Crippen LogP contribution in [0.5, 0.6) is 5.75 Å². The van der Waals surface area contributed by atoms with Crippen LogP contribution in [0.25, 0.3) is 0 Å². The predicted octanol–water partition coefficient (Wildman–Crippen LogP) is 1.67. The fourth-order valence-electron chi connectivity index (χ4n) is 2.98. The van der Waals surface area contributed by atoms with Gasteiger partial charge in [0.1, 0.15) is 18.0 Å². The first-order chi connectivity index (χ1) is 8.84. The minimum Gasteiger partial charge on any atom is -0.487 e. The maximum absolute atomic E-state index is 9.95. The van der Waals surface area contributed by atoms with Crippen molar-refractivity contribution >= 4 is 0 Å². The van der Waals surface area contributed by atoms with Gasteiger partial charge in [-0.15, -0.1) is 0 Å². The molecule has 1 aromatic carbocycles. The summed E-state index contributed by atoms with van der Waals surface area (Å²) in [7, 11) is 0. The van der Waals surface area contributed by atoms with Gasteiger partial charge in [-0.1, -0.05) is 12.1 Å². The van der Waals surface area contributed by atoms with Crippen LogP contribution in [0, 0.1) is 0 Å². The molecule has 18 heavy (non-hydrogen) atoms. The lowest BCUT2D eigenvalue weighted by atomic mass is 9.91. The van der Waals surface area contributed by atoms with Crippen molar-refractivity contribution in [2.75, 3.05) is 13.1 Å². The highest BCUT2D eigenvalue weighted by atomic mass is 16.5. The van der Waals surface area contributed by atoms with Crippen molar-refractivity contribution in [1.29, 1.82) is 0 Å². The molecule has 0 aromatic heterocycles. The van der Waals surface area contributed by atoms with E-state index in [0.717, 1.165) is 25.1 Å². The Labute approximate surface area is 108 Å². The van der Waals surface area contributed by atoms with Crippen molar-refractivity contribution in [1.82, 2.24) is 5.32 Å². The van der Waals surface area contributed by atoms with Crippen LogP contribution in [0.15, 0.2) is 18.2 Å². The van der Waals surface area contributed by atoms with E-state index in [0.29, 0.717) is 6.54 Å². The second-order valence-corrected chi connectivity index (χ2v) is 5.32. The lowest BCUT2D eigenvalue weighted by Gasteiger charge is -2.30. The molecule has 0 amide bonds. The van der Waals surface area contributed by atoms with E-state index in [-0.39, 0.29) is 6.10 Å². The van der Waals surface area contributed by atoms with E-state index >= 15 is 0 Å². The molecule has 0 radical (unpaired) electrons. The molecule has 1 fully saturated rings. The Morgan fingerprint density at radius 2 is 2.11 bits per heavy atom. The third kappa shape index (κ3) is 2.38. The average molecular weight is 247 g/mol. The number of ether oxygens (including phenoxy) is 1. The number of aliphatic hydroxyl groups is 1. The summed E-state index contributed by atoms with van der Waals surface area (Å²) < 4.78 is 6.08. The fourth-order valence-corrected chi connectivity index (χ4v) is 2.98. The number of aliphatic hydroxyl groups excluding tert-OH is 1. The van der Waals surface area contributed by atoms with Gasteiger partial charge in [0.2, 0.25) is 0 Å². The van der Waals surface area contributed by atoms with E-state index in [9.17, 15) is 5.11 Å². The van der Waals surface area contributed by atoms with Gasteiger partial charge in [-0.25, -0.2) is 0 Å². The number of fused-ring (bicyclic) bond motifs is 1. The standard InChI is InChI=1S/C15H21NO2/c17-13-10-16-9-8-15(13)18-14-7-3-5-11-4-1-2-6-12(11)14/h3,5,7,13,15-17H,1-2,4,6,8-10H2. The number of piperidine rings is 1. The molecule has 0 spiro atoms. The summed E-state index contributed by atoms with van der Waals surface area (Å²) in [6.45, 7) is 1.57. The molecule has 2 N–H and O–H groups in total. The molecular weight excluding hydrogens is 226 g/mol. The molecule has 2 unspecified atom stereocenters. The average Bonchev–Trinajstić information content (AvgIpc) is 2.42. The Morgan fingerprint density at radius 3 is 3.00 bits per heavy atom. The van der Waals surface area contributed by atoms with Crippen LogP contribution in [0.4, 0.5) is 0 Å². The zero-order valence-corrected chi connectivity index (χ0v) is 10.7. The van der Waals surface area contributed by atoms with Gasteiger partial charge in [0.25, 0.3) is 0 Å². The van der Waals surface area contributed by atoms with Gasteiger partial charge in [0.15, 0.2) is 0 Å². The Balaban J connectivity index is 1.79. The van der Waals surface area contributed by atoms with Crippen LogP contribution in [-0.4, -0.2) is 30.4 Å². The summed E-state index contributed by atoms with van der Waals surface area (Å²) in [5, 5.41) is 13.1. The van der Waals surface area contributed by atoms with Crippen LogP contribution < -0.4 is 10.1 Å². The normalized spacial score (nSPS) is 27.6. The molecule has 1 aliphatic heterocycles. The monoisotopic (exact) mass is 247 g/mol. The maximum atomic E-state index is 9.95. The molecule has 0 bridgehead atoms. The van der Waals surface area contributed by atoms with E-state index in [1.807, 2.05) is 0 Å². The predicted molar refractivity (Wildman–Crippen MR) is 71.0 cm³/mol. The number of β-amino-alcohol motifs (C(OH)–C–C–N with tert-alkyl or cyclic N) is 1. The maximum Gasteiger partial charge on any atom is 0.127 e. The second kappa shape index (κ2) is 5.29.